The maximum atomic E-state index is 12.9. The minimum absolute atomic E-state index is 0.0858. The van der Waals surface area contributed by atoms with E-state index in [0.717, 1.165) is 11.3 Å². The monoisotopic (exact) mass is 372 g/mol. The molecular formula is C7H3Br2F5S. The molecule has 0 nitrogen and oxygen atoms in total. The third-order valence-electron chi connectivity index (χ3n) is 1.57. The molecule has 0 aromatic carbocycles. The molecule has 0 saturated carbocycles. The highest BCUT2D eigenvalue weighted by Crippen LogP contribution is 2.51. The molecule has 8 heteroatoms. The van der Waals surface area contributed by atoms with E-state index < -0.39 is 16.9 Å². The zero-order valence-corrected chi connectivity index (χ0v) is 10.8. The van der Waals surface area contributed by atoms with Gasteiger partial charge in [-0.15, -0.1) is 11.3 Å². The van der Waals surface area contributed by atoms with Gasteiger partial charge in [0.1, 0.15) is 4.83 Å². The number of thiophene rings is 1. The highest BCUT2D eigenvalue weighted by molar-refractivity contribution is 9.11. The molecule has 0 bridgehead atoms. The van der Waals surface area contributed by atoms with Crippen molar-refractivity contribution in [3.8, 4) is 0 Å². The Morgan fingerprint density at radius 3 is 2.07 bits per heavy atom. The standard InChI is InChI=1S/C7H3Br2F5S/c8-3-1-2-15-4(3)5(9)6(10,11)7(12,13)14/h1-2,5H. The lowest BCUT2D eigenvalue weighted by Crippen LogP contribution is -2.39. The fraction of sp³-hybridized carbons (Fsp3) is 0.429. The molecule has 0 amide bonds. The van der Waals surface area contributed by atoms with Crippen LogP contribution in [0.3, 0.4) is 0 Å². The molecule has 0 N–H and O–H groups in total. The molecule has 1 unspecified atom stereocenters. The van der Waals surface area contributed by atoms with Crippen molar-refractivity contribution in [1.29, 1.82) is 0 Å². The van der Waals surface area contributed by atoms with Gasteiger partial charge in [0.05, 0.1) is 0 Å². The molecule has 1 aromatic heterocycles. The highest BCUT2D eigenvalue weighted by Gasteiger charge is 2.62. The number of hydrogen-bond acceptors (Lipinski definition) is 1. The van der Waals surface area contributed by atoms with Crippen molar-refractivity contribution in [2.75, 3.05) is 0 Å². The molecule has 1 rings (SSSR count). The number of alkyl halides is 6. The maximum Gasteiger partial charge on any atom is 0.454 e. The molecule has 0 fully saturated rings. The predicted molar refractivity (Wildman–Crippen MR) is 54.7 cm³/mol. The SMILES string of the molecule is FC(F)(F)C(F)(F)C(Br)c1sccc1Br. The van der Waals surface area contributed by atoms with Crippen LogP contribution in [0, 0.1) is 0 Å². The molecule has 0 aliphatic carbocycles. The summed E-state index contributed by atoms with van der Waals surface area (Å²) in [7, 11) is 0. The minimum atomic E-state index is -5.56. The van der Waals surface area contributed by atoms with Crippen LogP contribution in [0.2, 0.25) is 0 Å². The second-order valence-electron chi connectivity index (χ2n) is 2.62. The van der Waals surface area contributed by atoms with Crippen molar-refractivity contribution in [2.24, 2.45) is 0 Å². The summed E-state index contributed by atoms with van der Waals surface area (Å²) in [4.78, 5) is -2.16. The summed E-state index contributed by atoms with van der Waals surface area (Å²) in [5, 5.41) is 1.43. The van der Waals surface area contributed by atoms with Crippen LogP contribution in [0.15, 0.2) is 15.9 Å². The van der Waals surface area contributed by atoms with Gasteiger partial charge in [-0.1, -0.05) is 15.9 Å². The first-order chi connectivity index (χ1) is 6.68. The van der Waals surface area contributed by atoms with Crippen molar-refractivity contribution in [2.45, 2.75) is 16.9 Å². The average molecular weight is 374 g/mol. The molecule has 1 atom stereocenters. The normalized spacial score (nSPS) is 15.4. The molecule has 0 radical (unpaired) electrons. The zero-order chi connectivity index (χ0) is 11.9. The maximum absolute atomic E-state index is 12.9. The summed E-state index contributed by atoms with van der Waals surface area (Å²) in [5.74, 6) is -4.79. The summed E-state index contributed by atoms with van der Waals surface area (Å²) < 4.78 is 62.0. The van der Waals surface area contributed by atoms with Crippen molar-refractivity contribution in [3.05, 3.63) is 20.8 Å². The van der Waals surface area contributed by atoms with Crippen molar-refractivity contribution in [1.82, 2.24) is 0 Å². The quantitative estimate of drug-likeness (QED) is 0.497. The van der Waals surface area contributed by atoms with E-state index in [0.29, 0.717) is 0 Å². The molecule has 0 saturated heterocycles. The van der Waals surface area contributed by atoms with E-state index in [-0.39, 0.29) is 9.35 Å². The Balaban J connectivity index is 3.05. The van der Waals surface area contributed by atoms with Gasteiger partial charge >= 0.3 is 12.1 Å². The summed E-state index contributed by atoms with van der Waals surface area (Å²) in [6.07, 6.45) is -5.56. The van der Waals surface area contributed by atoms with Gasteiger partial charge in [0.25, 0.3) is 0 Å². The molecule has 86 valence electrons. The Bertz CT molecular complexity index is 345. The van der Waals surface area contributed by atoms with Crippen LogP contribution in [0.4, 0.5) is 22.0 Å². The largest absolute Gasteiger partial charge is 0.454 e. The lowest BCUT2D eigenvalue weighted by molar-refractivity contribution is -0.281. The lowest BCUT2D eigenvalue weighted by Gasteiger charge is -2.24. The topological polar surface area (TPSA) is 0 Å². The van der Waals surface area contributed by atoms with Gasteiger partial charge in [0, 0.05) is 9.35 Å². The van der Waals surface area contributed by atoms with Crippen LogP contribution in [0.25, 0.3) is 0 Å². The fourth-order valence-electron chi connectivity index (χ4n) is 0.795. The number of rotatable bonds is 2. The zero-order valence-electron chi connectivity index (χ0n) is 6.79. The molecule has 1 heterocycles. The van der Waals surface area contributed by atoms with Gasteiger partial charge in [-0.3, -0.25) is 0 Å². The van der Waals surface area contributed by atoms with Crippen LogP contribution in [-0.4, -0.2) is 12.1 Å². The van der Waals surface area contributed by atoms with E-state index in [1.165, 1.54) is 11.4 Å². The van der Waals surface area contributed by atoms with Gasteiger partial charge < -0.3 is 0 Å². The number of hydrogen-bond donors (Lipinski definition) is 0. The van der Waals surface area contributed by atoms with E-state index in [1.54, 1.807) is 0 Å². The Morgan fingerprint density at radius 2 is 1.73 bits per heavy atom. The predicted octanol–water partition coefficient (Wildman–Crippen LogP) is 5.14. The van der Waals surface area contributed by atoms with Crippen molar-refractivity contribution < 1.29 is 22.0 Å². The summed E-state index contributed by atoms with van der Waals surface area (Å²) >= 11 is 6.12. The molecule has 0 aliphatic rings. The average Bonchev–Trinajstić information content (AvgIpc) is 2.48. The first-order valence-electron chi connectivity index (χ1n) is 3.49. The van der Waals surface area contributed by atoms with Crippen molar-refractivity contribution >= 4 is 43.2 Å². The van der Waals surface area contributed by atoms with Crippen LogP contribution in [0.1, 0.15) is 9.70 Å². The highest BCUT2D eigenvalue weighted by atomic mass is 79.9. The Kier molecular flexibility index (Phi) is 3.83. The van der Waals surface area contributed by atoms with Crippen LogP contribution >= 0.6 is 43.2 Å². The molecule has 1 aromatic rings. The van der Waals surface area contributed by atoms with E-state index in [9.17, 15) is 22.0 Å². The van der Waals surface area contributed by atoms with Crippen LogP contribution in [-0.2, 0) is 0 Å². The van der Waals surface area contributed by atoms with E-state index in [1.807, 2.05) is 0 Å². The van der Waals surface area contributed by atoms with Crippen LogP contribution in [0.5, 0.6) is 0 Å². The Hall–Kier alpha value is 0.310. The van der Waals surface area contributed by atoms with Gasteiger partial charge in [-0.25, -0.2) is 0 Å². The van der Waals surface area contributed by atoms with Gasteiger partial charge in [-0.05, 0) is 27.4 Å². The second kappa shape index (κ2) is 4.29. The van der Waals surface area contributed by atoms with Crippen molar-refractivity contribution in [3.63, 3.8) is 0 Å². The third-order valence-corrected chi connectivity index (χ3v) is 4.84. The number of halogens is 7. The Morgan fingerprint density at radius 1 is 1.20 bits per heavy atom. The molecule has 15 heavy (non-hydrogen) atoms. The smallest absolute Gasteiger partial charge is 0.195 e. The van der Waals surface area contributed by atoms with Gasteiger partial charge in [0.2, 0.25) is 0 Å². The third kappa shape index (κ3) is 2.52. The first-order valence-corrected chi connectivity index (χ1v) is 6.08. The lowest BCUT2D eigenvalue weighted by atomic mass is 10.2. The first kappa shape index (κ1) is 13.4. The van der Waals surface area contributed by atoms with E-state index in [2.05, 4.69) is 31.9 Å². The molecular weight excluding hydrogens is 371 g/mol. The fourth-order valence-corrected chi connectivity index (χ4v) is 3.55. The van der Waals surface area contributed by atoms with E-state index in [4.69, 9.17) is 0 Å². The summed E-state index contributed by atoms with van der Waals surface area (Å²) in [6.45, 7) is 0. The Labute approximate surface area is 103 Å². The van der Waals surface area contributed by atoms with E-state index >= 15 is 0 Å². The second-order valence-corrected chi connectivity index (χ2v) is 5.33. The summed E-state index contributed by atoms with van der Waals surface area (Å²) in [6, 6.07) is 1.42. The summed E-state index contributed by atoms with van der Waals surface area (Å²) in [5.41, 5.74) is 0. The molecule has 0 spiro atoms. The minimum Gasteiger partial charge on any atom is -0.195 e. The molecule has 0 aliphatic heterocycles. The van der Waals surface area contributed by atoms with Crippen LogP contribution < -0.4 is 0 Å². The van der Waals surface area contributed by atoms with Gasteiger partial charge in [-0.2, -0.15) is 22.0 Å². The van der Waals surface area contributed by atoms with Gasteiger partial charge in [0.15, 0.2) is 0 Å².